The van der Waals surface area contributed by atoms with Crippen molar-refractivity contribution in [2.75, 3.05) is 19.8 Å². The van der Waals surface area contributed by atoms with E-state index in [9.17, 15) is 4.79 Å². The van der Waals surface area contributed by atoms with Crippen LogP contribution in [0.1, 0.15) is 13.3 Å². The molecule has 5 N–H and O–H groups in total. The van der Waals surface area contributed by atoms with Crippen molar-refractivity contribution in [2.45, 2.75) is 13.3 Å². The fourth-order valence-electron chi connectivity index (χ4n) is 0.423. The Hall–Kier alpha value is -1.44. The van der Waals surface area contributed by atoms with Crippen molar-refractivity contribution >= 4 is 11.9 Å². The Labute approximate surface area is 99.6 Å². The smallest absolute Gasteiger partial charge is 0.327 e. The van der Waals surface area contributed by atoms with Crippen LogP contribution in [0.5, 0.6) is 0 Å². The highest BCUT2D eigenvalue weighted by Crippen LogP contribution is 1.97. The molecule has 0 saturated carbocycles. The molecule has 7 heteroatoms. The first kappa shape index (κ1) is 20.9. The number of hydrogen-bond donors (Lipinski definition) is 5. The zero-order chi connectivity index (χ0) is 14.3. The van der Waals surface area contributed by atoms with Crippen LogP contribution in [0.4, 0.5) is 0 Å². The minimum absolute atomic E-state index is 0.0335. The summed E-state index contributed by atoms with van der Waals surface area (Å²) >= 11 is 0. The summed E-state index contributed by atoms with van der Waals surface area (Å²) in [6.07, 6.45) is 1.31. The van der Waals surface area contributed by atoms with Gasteiger partial charge in [-0.3, -0.25) is 4.79 Å². The van der Waals surface area contributed by atoms with Gasteiger partial charge in [-0.25, -0.2) is 4.79 Å². The number of carboxylic acid groups (broad SMARTS) is 2. The molecule has 0 bridgehead atoms. The predicted molar refractivity (Wildman–Crippen MR) is 60.5 cm³/mol. The van der Waals surface area contributed by atoms with Crippen molar-refractivity contribution in [1.29, 1.82) is 0 Å². The van der Waals surface area contributed by atoms with E-state index in [1.807, 2.05) is 0 Å². The Kier molecular flexibility index (Phi) is 20.9. The van der Waals surface area contributed by atoms with E-state index in [1.165, 1.54) is 0 Å². The monoisotopic (exact) mass is 252 g/mol. The largest absolute Gasteiger partial charge is 0.481 e. The second kappa shape index (κ2) is 17.0. The van der Waals surface area contributed by atoms with Gasteiger partial charge in [0.25, 0.3) is 5.97 Å². The van der Waals surface area contributed by atoms with Crippen LogP contribution in [0.25, 0.3) is 0 Å². The number of aliphatic hydroxyl groups excluding tert-OH is 3. The van der Waals surface area contributed by atoms with Crippen LogP contribution in [0.15, 0.2) is 12.7 Å². The molecule has 0 radical (unpaired) electrons. The van der Waals surface area contributed by atoms with Crippen molar-refractivity contribution in [3.8, 4) is 0 Å². The Morgan fingerprint density at radius 1 is 1.18 bits per heavy atom. The minimum atomic E-state index is -0.981. The number of rotatable bonds is 5. The highest BCUT2D eigenvalue weighted by Gasteiger charge is 2.02. The molecule has 0 unspecified atom stereocenters. The SMILES string of the molecule is C=CC(=O)O.CC(=O)O.OCCC(CO)CO. The molecule has 0 fully saturated rings. The maximum atomic E-state index is 9.25. The highest BCUT2D eigenvalue weighted by molar-refractivity contribution is 5.78. The fourth-order valence-corrected chi connectivity index (χ4v) is 0.423. The zero-order valence-electron chi connectivity index (χ0n) is 9.74. The van der Waals surface area contributed by atoms with E-state index in [0.29, 0.717) is 6.42 Å². The first-order valence-electron chi connectivity index (χ1n) is 4.73. The van der Waals surface area contributed by atoms with E-state index in [2.05, 4.69) is 6.58 Å². The lowest BCUT2D eigenvalue weighted by Crippen LogP contribution is -2.12. The van der Waals surface area contributed by atoms with Gasteiger partial charge in [-0.15, -0.1) is 0 Å². The summed E-state index contributed by atoms with van der Waals surface area (Å²) in [5, 5.41) is 40.1. The lowest BCUT2D eigenvalue weighted by Gasteiger charge is -2.06. The van der Waals surface area contributed by atoms with Crippen molar-refractivity contribution < 1.29 is 35.1 Å². The summed E-state index contributed by atoms with van der Waals surface area (Å²) in [6, 6.07) is 0. The van der Waals surface area contributed by atoms with Gasteiger partial charge in [-0.1, -0.05) is 6.58 Å². The topological polar surface area (TPSA) is 135 Å². The summed E-state index contributed by atoms with van der Waals surface area (Å²) in [7, 11) is 0. The molecular formula is C10H20O7. The van der Waals surface area contributed by atoms with Crippen LogP contribution in [-0.2, 0) is 9.59 Å². The summed E-state index contributed by atoms with van der Waals surface area (Å²) in [5.41, 5.74) is 0. The van der Waals surface area contributed by atoms with Gasteiger partial charge < -0.3 is 25.5 Å². The van der Waals surface area contributed by atoms with Gasteiger partial charge in [0, 0.05) is 38.7 Å². The van der Waals surface area contributed by atoms with Crippen LogP contribution < -0.4 is 0 Å². The molecule has 0 aromatic heterocycles. The average molecular weight is 252 g/mol. The van der Waals surface area contributed by atoms with Crippen LogP contribution in [0.3, 0.4) is 0 Å². The summed E-state index contributed by atoms with van der Waals surface area (Å²) < 4.78 is 0. The third kappa shape index (κ3) is 40.2. The molecule has 102 valence electrons. The third-order valence-corrected chi connectivity index (χ3v) is 1.23. The predicted octanol–water partition coefficient (Wildman–Crippen LogP) is -0.682. The normalized spacial score (nSPS) is 8.29. The molecule has 0 aliphatic carbocycles. The van der Waals surface area contributed by atoms with E-state index in [4.69, 9.17) is 30.3 Å². The molecule has 0 atom stereocenters. The summed E-state index contributed by atoms with van der Waals surface area (Å²) in [6.45, 7) is 3.99. The van der Waals surface area contributed by atoms with Crippen LogP contribution in [0.2, 0.25) is 0 Å². The van der Waals surface area contributed by atoms with E-state index in [-0.39, 0.29) is 25.7 Å². The second-order valence-corrected chi connectivity index (χ2v) is 2.80. The molecule has 0 spiro atoms. The molecule has 0 aromatic carbocycles. The average Bonchev–Trinajstić information content (AvgIpc) is 2.26. The first-order chi connectivity index (χ1) is 7.85. The van der Waals surface area contributed by atoms with Gasteiger partial charge >= 0.3 is 5.97 Å². The molecule has 0 heterocycles. The van der Waals surface area contributed by atoms with Gasteiger partial charge in [0.2, 0.25) is 0 Å². The maximum Gasteiger partial charge on any atom is 0.327 e. The minimum Gasteiger partial charge on any atom is -0.481 e. The second-order valence-electron chi connectivity index (χ2n) is 2.80. The van der Waals surface area contributed by atoms with E-state index >= 15 is 0 Å². The van der Waals surface area contributed by atoms with E-state index in [1.54, 1.807) is 0 Å². The summed E-state index contributed by atoms with van der Waals surface area (Å²) in [5.74, 6) is -1.95. The standard InChI is InChI=1S/C5H12O3.C3H4O2.C2H4O2/c6-2-1-5(3-7)4-8;1-2-3(4)5;1-2(3)4/h5-8H,1-4H2;2H,1H2,(H,4,5);1H3,(H,3,4). The van der Waals surface area contributed by atoms with Crippen molar-refractivity contribution in [3.05, 3.63) is 12.7 Å². The first-order valence-corrected chi connectivity index (χ1v) is 4.73. The van der Waals surface area contributed by atoms with Gasteiger partial charge in [0.1, 0.15) is 0 Å². The lowest BCUT2D eigenvalue weighted by atomic mass is 10.1. The highest BCUT2D eigenvalue weighted by atomic mass is 16.4. The van der Waals surface area contributed by atoms with Gasteiger partial charge in [0.05, 0.1) is 0 Å². The number of carboxylic acids is 2. The maximum absolute atomic E-state index is 9.25. The van der Waals surface area contributed by atoms with E-state index < -0.39 is 11.9 Å². The van der Waals surface area contributed by atoms with Crippen molar-refractivity contribution in [3.63, 3.8) is 0 Å². The molecule has 0 aliphatic rings. The number of aliphatic hydroxyl groups is 3. The van der Waals surface area contributed by atoms with Crippen LogP contribution >= 0.6 is 0 Å². The Morgan fingerprint density at radius 2 is 1.47 bits per heavy atom. The molecule has 0 aromatic rings. The molecule has 0 aliphatic heterocycles. The summed E-state index contributed by atoms with van der Waals surface area (Å²) in [4.78, 5) is 18.2. The van der Waals surface area contributed by atoms with Gasteiger partial charge in [0.15, 0.2) is 0 Å². The Bertz CT molecular complexity index is 195. The van der Waals surface area contributed by atoms with Crippen molar-refractivity contribution in [2.24, 2.45) is 5.92 Å². The lowest BCUT2D eigenvalue weighted by molar-refractivity contribution is -0.134. The van der Waals surface area contributed by atoms with Crippen LogP contribution in [0, 0.1) is 5.92 Å². The number of aliphatic carboxylic acids is 2. The Balaban J connectivity index is -0.000000188. The molecular weight excluding hydrogens is 232 g/mol. The number of carbonyl (C=O) groups is 2. The fraction of sp³-hybridized carbons (Fsp3) is 0.600. The van der Waals surface area contributed by atoms with Crippen molar-refractivity contribution in [1.82, 2.24) is 0 Å². The molecule has 17 heavy (non-hydrogen) atoms. The van der Waals surface area contributed by atoms with E-state index in [0.717, 1.165) is 13.0 Å². The molecule has 0 saturated heterocycles. The number of hydrogen-bond acceptors (Lipinski definition) is 5. The van der Waals surface area contributed by atoms with Gasteiger partial charge in [-0.05, 0) is 6.42 Å². The van der Waals surface area contributed by atoms with Crippen LogP contribution in [-0.4, -0.2) is 57.3 Å². The molecule has 7 nitrogen and oxygen atoms in total. The molecule has 0 amide bonds. The Morgan fingerprint density at radius 3 is 1.53 bits per heavy atom. The third-order valence-electron chi connectivity index (χ3n) is 1.23. The molecule has 0 rings (SSSR count). The quantitative estimate of drug-likeness (QED) is 0.409. The van der Waals surface area contributed by atoms with Gasteiger partial charge in [-0.2, -0.15) is 0 Å². The zero-order valence-corrected chi connectivity index (χ0v) is 9.74.